The maximum absolute atomic E-state index is 11.8. The second-order valence-corrected chi connectivity index (χ2v) is 4.44. The minimum absolute atomic E-state index is 0.0576. The lowest BCUT2D eigenvalue weighted by atomic mass is 10.0. The number of unbranched alkanes of at least 4 members (excludes halogenated alkanes) is 1. The van der Waals surface area contributed by atoms with Crippen LogP contribution in [0.4, 0.5) is 0 Å². The average Bonchev–Trinajstić information content (AvgIpc) is 2.29. The van der Waals surface area contributed by atoms with Crippen molar-refractivity contribution in [2.75, 3.05) is 19.0 Å². The fraction of sp³-hybridized carbons (Fsp3) is 0.909. The van der Waals surface area contributed by atoms with Gasteiger partial charge < -0.3 is 10.0 Å². The number of aliphatic hydroxyl groups is 1. The van der Waals surface area contributed by atoms with Crippen LogP contribution in [-0.2, 0) is 4.79 Å². The van der Waals surface area contributed by atoms with E-state index < -0.39 is 0 Å². The summed E-state index contributed by atoms with van der Waals surface area (Å²) in [4.78, 5) is 13.7. The molecule has 15 heavy (non-hydrogen) atoms. The van der Waals surface area contributed by atoms with E-state index in [0.717, 1.165) is 38.6 Å². The van der Waals surface area contributed by atoms with Crippen molar-refractivity contribution < 1.29 is 9.90 Å². The van der Waals surface area contributed by atoms with Gasteiger partial charge in [0.2, 0.25) is 5.91 Å². The van der Waals surface area contributed by atoms with Gasteiger partial charge in [0, 0.05) is 18.8 Å². The minimum atomic E-state index is 0.0576. The lowest BCUT2D eigenvalue weighted by Crippen LogP contribution is -2.45. The molecule has 0 spiro atoms. The summed E-state index contributed by atoms with van der Waals surface area (Å²) in [6.45, 7) is 0.909. The molecule has 1 heterocycles. The molecule has 1 aliphatic heterocycles. The van der Waals surface area contributed by atoms with Crippen molar-refractivity contribution in [3.63, 3.8) is 0 Å². The van der Waals surface area contributed by atoms with E-state index in [9.17, 15) is 4.79 Å². The number of rotatable bonds is 5. The maximum Gasteiger partial charge on any atom is 0.222 e. The molecular weight excluding hydrogens is 214 g/mol. The Morgan fingerprint density at radius 1 is 1.40 bits per heavy atom. The summed E-state index contributed by atoms with van der Waals surface area (Å²) in [5.74, 6) is 0.801. The SMILES string of the molecule is O=C(CCCCCl)N1CCCCC1CO. The summed E-state index contributed by atoms with van der Waals surface area (Å²) in [6.07, 6.45) is 5.46. The zero-order chi connectivity index (χ0) is 11.1. The molecule has 0 aliphatic carbocycles. The molecule has 1 amide bonds. The highest BCUT2D eigenvalue weighted by atomic mass is 35.5. The largest absolute Gasteiger partial charge is 0.394 e. The number of carbonyl (C=O) groups excluding carboxylic acids is 1. The third-order valence-corrected chi connectivity index (χ3v) is 3.20. The van der Waals surface area contributed by atoms with Crippen molar-refractivity contribution in [1.29, 1.82) is 0 Å². The molecule has 88 valence electrons. The van der Waals surface area contributed by atoms with Gasteiger partial charge in [0.05, 0.1) is 12.6 Å². The number of carbonyl (C=O) groups is 1. The van der Waals surface area contributed by atoms with Gasteiger partial charge in [-0.3, -0.25) is 4.79 Å². The summed E-state index contributed by atoms with van der Waals surface area (Å²) in [7, 11) is 0. The Morgan fingerprint density at radius 3 is 2.87 bits per heavy atom. The number of alkyl halides is 1. The van der Waals surface area contributed by atoms with Crippen LogP contribution in [0.25, 0.3) is 0 Å². The number of amides is 1. The molecule has 1 atom stereocenters. The van der Waals surface area contributed by atoms with Gasteiger partial charge in [-0.25, -0.2) is 0 Å². The molecule has 0 aromatic rings. The van der Waals surface area contributed by atoms with Gasteiger partial charge in [-0.15, -0.1) is 11.6 Å². The summed E-state index contributed by atoms with van der Waals surface area (Å²) < 4.78 is 0. The standard InChI is InChI=1S/C11H20ClNO2/c12-7-3-1-6-11(15)13-8-4-2-5-10(13)9-14/h10,14H,1-9H2. The normalized spacial score (nSPS) is 21.7. The monoisotopic (exact) mass is 233 g/mol. The van der Waals surface area contributed by atoms with Gasteiger partial charge in [-0.2, -0.15) is 0 Å². The Balaban J connectivity index is 2.34. The lowest BCUT2D eigenvalue weighted by Gasteiger charge is -2.34. The first-order valence-corrected chi connectivity index (χ1v) is 6.29. The van der Waals surface area contributed by atoms with Crippen molar-refractivity contribution in [3.8, 4) is 0 Å². The molecule has 0 aromatic heterocycles. The van der Waals surface area contributed by atoms with Crippen LogP contribution < -0.4 is 0 Å². The van der Waals surface area contributed by atoms with Crippen molar-refractivity contribution in [3.05, 3.63) is 0 Å². The lowest BCUT2D eigenvalue weighted by molar-refractivity contribution is -0.136. The number of aliphatic hydroxyl groups excluding tert-OH is 1. The third-order valence-electron chi connectivity index (χ3n) is 2.93. The van der Waals surface area contributed by atoms with E-state index >= 15 is 0 Å². The topological polar surface area (TPSA) is 40.5 Å². The van der Waals surface area contributed by atoms with Gasteiger partial charge in [0.25, 0.3) is 0 Å². The molecule has 0 bridgehead atoms. The van der Waals surface area contributed by atoms with Crippen molar-refractivity contribution >= 4 is 17.5 Å². The average molecular weight is 234 g/mol. The van der Waals surface area contributed by atoms with Crippen molar-refractivity contribution in [2.24, 2.45) is 0 Å². The van der Waals surface area contributed by atoms with Crippen LogP contribution in [0, 0.1) is 0 Å². The van der Waals surface area contributed by atoms with E-state index in [2.05, 4.69) is 0 Å². The van der Waals surface area contributed by atoms with Crippen LogP contribution in [0.5, 0.6) is 0 Å². The van der Waals surface area contributed by atoms with Crippen LogP contribution in [0.1, 0.15) is 38.5 Å². The highest BCUT2D eigenvalue weighted by molar-refractivity contribution is 6.17. The second kappa shape index (κ2) is 7.07. The Kier molecular flexibility index (Phi) is 6.03. The van der Waals surface area contributed by atoms with E-state index in [1.165, 1.54) is 0 Å². The fourth-order valence-electron chi connectivity index (χ4n) is 2.03. The number of hydrogen-bond acceptors (Lipinski definition) is 2. The molecule has 0 radical (unpaired) electrons. The van der Waals surface area contributed by atoms with E-state index in [4.69, 9.17) is 16.7 Å². The quantitative estimate of drug-likeness (QED) is 0.581. The molecule has 1 aliphatic rings. The summed E-state index contributed by atoms with van der Waals surface area (Å²) in [5, 5.41) is 9.17. The van der Waals surface area contributed by atoms with E-state index in [0.29, 0.717) is 12.3 Å². The van der Waals surface area contributed by atoms with Gasteiger partial charge in [0.15, 0.2) is 0 Å². The number of hydrogen-bond donors (Lipinski definition) is 1. The van der Waals surface area contributed by atoms with E-state index in [1.54, 1.807) is 0 Å². The van der Waals surface area contributed by atoms with Crippen LogP contribution in [0.15, 0.2) is 0 Å². The molecule has 1 rings (SSSR count). The fourth-order valence-corrected chi connectivity index (χ4v) is 2.22. The predicted molar refractivity (Wildman–Crippen MR) is 61.0 cm³/mol. The summed E-state index contributed by atoms with van der Waals surface area (Å²) >= 11 is 5.56. The smallest absolute Gasteiger partial charge is 0.222 e. The number of nitrogens with zero attached hydrogens (tertiary/aromatic N) is 1. The third kappa shape index (κ3) is 3.99. The summed E-state index contributed by atoms with van der Waals surface area (Å²) in [5.41, 5.74) is 0. The second-order valence-electron chi connectivity index (χ2n) is 4.07. The first-order chi connectivity index (χ1) is 7.29. The van der Waals surface area contributed by atoms with Crippen molar-refractivity contribution in [2.45, 2.75) is 44.6 Å². The van der Waals surface area contributed by atoms with Gasteiger partial charge in [-0.05, 0) is 32.1 Å². The molecular formula is C11H20ClNO2. The zero-order valence-corrected chi connectivity index (χ0v) is 9.88. The summed E-state index contributed by atoms with van der Waals surface area (Å²) in [6, 6.07) is 0.0576. The van der Waals surface area contributed by atoms with Crippen LogP contribution in [0.3, 0.4) is 0 Å². The molecule has 4 heteroatoms. The molecule has 3 nitrogen and oxygen atoms in total. The van der Waals surface area contributed by atoms with Gasteiger partial charge in [-0.1, -0.05) is 0 Å². The van der Waals surface area contributed by atoms with E-state index in [-0.39, 0.29) is 18.6 Å². The van der Waals surface area contributed by atoms with Gasteiger partial charge >= 0.3 is 0 Å². The molecule has 1 N–H and O–H groups in total. The molecule has 0 saturated carbocycles. The number of halogens is 1. The zero-order valence-electron chi connectivity index (χ0n) is 9.12. The Labute approximate surface area is 96.4 Å². The Bertz CT molecular complexity index is 199. The predicted octanol–water partition coefficient (Wildman–Crippen LogP) is 1.77. The molecule has 1 fully saturated rings. The number of likely N-dealkylation sites (tertiary alicyclic amines) is 1. The highest BCUT2D eigenvalue weighted by Gasteiger charge is 2.25. The van der Waals surface area contributed by atoms with E-state index in [1.807, 2.05) is 4.90 Å². The maximum atomic E-state index is 11.8. The van der Waals surface area contributed by atoms with Crippen LogP contribution >= 0.6 is 11.6 Å². The first kappa shape index (κ1) is 12.8. The van der Waals surface area contributed by atoms with Crippen LogP contribution in [-0.4, -0.2) is 41.0 Å². The van der Waals surface area contributed by atoms with Crippen molar-refractivity contribution in [1.82, 2.24) is 4.90 Å². The number of piperidine rings is 1. The first-order valence-electron chi connectivity index (χ1n) is 5.76. The Hall–Kier alpha value is -0.280. The highest BCUT2D eigenvalue weighted by Crippen LogP contribution is 2.18. The Morgan fingerprint density at radius 2 is 2.20 bits per heavy atom. The molecule has 0 aromatic carbocycles. The minimum Gasteiger partial charge on any atom is -0.394 e. The van der Waals surface area contributed by atoms with Crippen LogP contribution in [0.2, 0.25) is 0 Å². The van der Waals surface area contributed by atoms with Gasteiger partial charge in [0.1, 0.15) is 0 Å². The molecule has 1 unspecified atom stereocenters. The molecule has 1 saturated heterocycles.